The summed E-state index contributed by atoms with van der Waals surface area (Å²) in [4.78, 5) is 74.5. The number of hydrogen-bond acceptors (Lipinski definition) is 15. The van der Waals surface area contributed by atoms with Gasteiger partial charge in [0.1, 0.15) is 34.9 Å². The molecule has 8 aromatic carbocycles. The van der Waals surface area contributed by atoms with E-state index in [9.17, 15) is 28.0 Å². The van der Waals surface area contributed by atoms with E-state index in [4.69, 9.17) is 35.8 Å². The number of carbonyl (C=O) groups is 4. The number of aromatic nitrogens is 8. The van der Waals surface area contributed by atoms with Crippen molar-refractivity contribution in [2.45, 2.75) is 124 Å². The molecule has 0 unspecified atom stereocenters. The Kier molecular flexibility index (Phi) is 33.1. The van der Waals surface area contributed by atoms with Crippen molar-refractivity contribution in [2.24, 2.45) is 10.8 Å². The van der Waals surface area contributed by atoms with Crippen LogP contribution in [0.2, 0.25) is 0 Å². The topological polar surface area (TPSA) is 289 Å². The summed E-state index contributed by atoms with van der Waals surface area (Å²) in [5, 5.41) is 34.5. The van der Waals surface area contributed by atoms with Crippen LogP contribution < -0.4 is 21.9 Å². The van der Waals surface area contributed by atoms with Crippen molar-refractivity contribution in [2.75, 3.05) is 60.9 Å². The zero-order valence-corrected chi connectivity index (χ0v) is 69.2. The van der Waals surface area contributed by atoms with Crippen LogP contribution in [0, 0.1) is 22.5 Å². The average molecular weight is 1620 g/mol. The summed E-state index contributed by atoms with van der Waals surface area (Å²) in [6.45, 7) is 17.2. The summed E-state index contributed by atoms with van der Waals surface area (Å²) in [5.41, 5.74) is 22.4. The summed E-state index contributed by atoms with van der Waals surface area (Å²) in [6, 6.07) is 57.7. The largest absolute Gasteiger partial charge is 0.342 e. The van der Waals surface area contributed by atoms with Gasteiger partial charge in [0.2, 0.25) is 0 Å². The lowest BCUT2D eigenvalue weighted by Gasteiger charge is -2.29. The lowest BCUT2D eigenvalue weighted by atomic mass is 9.92. The van der Waals surface area contributed by atoms with Crippen LogP contribution in [0.4, 0.5) is 8.78 Å². The molecule has 13 rings (SSSR count). The van der Waals surface area contributed by atoms with Gasteiger partial charge in [0.15, 0.2) is 0 Å². The Hall–Kier alpha value is -11.9. The third-order valence-corrected chi connectivity index (χ3v) is 20.3. The van der Waals surface area contributed by atoms with Gasteiger partial charge in [-0.15, -0.1) is 0 Å². The van der Waals surface area contributed by atoms with Crippen LogP contribution in [0.5, 0.6) is 0 Å². The van der Waals surface area contributed by atoms with E-state index in [0.29, 0.717) is 0 Å². The number of H-pyrrole nitrogens is 1. The fourth-order valence-corrected chi connectivity index (χ4v) is 15.2. The summed E-state index contributed by atoms with van der Waals surface area (Å²) in [5.74, 6) is 1.29. The van der Waals surface area contributed by atoms with E-state index in [1.165, 1.54) is 85.6 Å². The van der Waals surface area contributed by atoms with Crippen LogP contribution >= 0.6 is 0 Å². The Bertz CT molecular complexity index is 5430. The normalized spacial score (nSPS) is 12.6. The molecular weight excluding hydrogens is 1510 g/mol. The maximum absolute atomic E-state index is 13.3. The van der Waals surface area contributed by atoms with Gasteiger partial charge in [-0.2, -0.15) is 0 Å². The molecule has 25 heteroatoms. The Morgan fingerprint density at radius 2 is 0.782 bits per heavy atom. The molecule has 4 amide bonds. The van der Waals surface area contributed by atoms with Crippen LogP contribution in [-0.2, 0) is 90.2 Å². The molecule has 1 aliphatic rings. The summed E-state index contributed by atoms with van der Waals surface area (Å²) < 4.78 is 33.1. The molecule has 9 N–H and O–H groups in total. The van der Waals surface area contributed by atoms with Gasteiger partial charge >= 0.3 is 0 Å². The molecule has 4 aromatic heterocycles. The lowest BCUT2D eigenvalue weighted by Crippen LogP contribution is -2.32. The van der Waals surface area contributed by atoms with Crippen molar-refractivity contribution >= 4 is 92.1 Å². The van der Waals surface area contributed by atoms with Crippen molar-refractivity contribution in [3.63, 3.8) is 0 Å². The molecule has 0 radical (unpaired) electrons. The first kappa shape index (κ1) is 89.4. The maximum atomic E-state index is 13.3. The molecule has 0 bridgehead atoms. The van der Waals surface area contributed by atoms with Gasteiger partial charge < -0.3 is 33.4 Å². The first-order valence-electron chi connectivity index (χ1n) is 40.3. The highest BCUT2D eigenvalue weighted by molar-refractivity contribution is 5.94. The number of imidazole rings is 4. The number of nitrogens with one attached hydrogen (secondary N) is 5. The van der Waals surface area contributed by atoms with E-state index >= 15 is 0 Å². The quantitative estimate of drug-likeness (QED) is 0.0105. The van der Waals surface area contributed by atoms with E-state index in [1.807, 2.05) is 84.9 Å². The number of benzene rings is 8. The number of carbonyl (C=O) groups excluding carboxylic acids is 4. The van der Waals surface area contributed by atoms with Gasteiger partial charge in [0.25, 0.3) is 23.6 Å². The van der Waals surface area contributed by atoms with Crippen molar-refractivity contribution in [1.29, 1.82) is 0 Å². The lowest BCUT2D eigenvalue weighted by molar-refractivity contribution is -0.124. The SMILES string of the molecule is CN(C)CC(C)(C)Cn1c(CCCc2ccccc2)nc2cc(/C=C/C(=O)NO)ccc21.CN(C)CC(C)(C)Cn1c(CCc2ccc(F)cc2)nc2cc(/C=C/C(=O)NO)ccc21.O=C(/C=C/c1ccc2c(c1)nc(CCc1ccccc1)n2CCCN1CCCC1)NO.O=C(/C=C/c1ccc2nc(CCc3ccc(F)cc3)[nH]c2c1)NO. The zero-order valence-electron chi connectivity index (χ0n) is 69.2. The Balaban J connectivity index is 0.000000168. The number of amides is 4. The number of hydrogen-bond donors (Lipinski definition) is 9. The molecule has 0 atom stereocenters. The van der Waals surface area contributed by atoms with Crippen molar-refractivity contribution in [1.82, 2.24) is 75.2 Å². The van der Waals surface area contributed by atoms with Crippen molar-refractivity contribution in [3.8, 4) is 0 Å². The summed E-state index contributed by atoms with van der Waals surface area (Å²) in [6.07, 6.45) is 23.3. The highest BCUT2D eigenvalue weighted by Gasteiger charge is 2.26. The van der Waals surface area contributed by atoms with Gasteiger partial charge in [-0.05, 0) is 252 Å². The minimum absolute atomic E-state index is 0.0273. The number of hydroxylamine groups is 4. The molecule has 624 valence electrons. The monoisotopic (exact) mass is 1620 g/mol. The summed E-state index contributed by atoms with van der Waals surface area (Å²) >= 11 is 0. The van der Waals surface area contributed by atoms with E-state index in [0.717, 1.165) is 204 Å². The fourth-order valence-electron chi connectivity index (χ4n) is 15.2. The molecule has 0 saturated carbocycles. The highest BCUT2D eigenvalue weighted by atomic mass is 19.1. The standard InChI is InChI=1S/C26H34N4O2.C25H31FN4O2.C25H30N4O2.C18H16FN3O2/c1-26(2,18-29(3)4)19-30-23-15-13-21(14-16-25(31)28-32)17-22(23)27-24(30)12-8-11-20-9-6-5-7-10-20;1-25(2,16-29(3)4)17-30-22-12-7-19(9-14-24(31)28-32)15-21(22)27-23(30)13-8-18-5-10-20(26)11-6-18;30-25(27-31)14-11-21-9-12-23-22(19-21)26-24(13-10-20-7-2-1-3-8-20)29(23)18-6-17-28-15-4-5-16-28;19-14-6-1-12(2-7-14)4-9-17-20-15-8-3-13(11-16(15)21-17)5-10-18(23)22-24/h5-7,9-10,13-17,32H,8,11-12,18-19H2,1-4H3,(H,28,31);5-7,9-12,14-15,32H,8,13,16-17H2,1-4H3,(H,28,31);1-3,7-9,11-12,14,19,31H,4-6,10,13,15-18H2,(H,27,30);1-3,5-8,10-11,24H,4,9H2,(H,20,21)(H,22,23)/b16-14+;14-9+;14-11+;10-5+. The van der Waals surface area contributed by atoms with Gasteiger partial charge in [-0.25, -0.2) is 50.6 Å². The van der Waals surface area contributed by atoms with Crippen molar-refractivity contribution in [3.05, 3.63) is 286 Å². The number of nitrogens with zero attached hydrogens (tertiary/aromatic N) is 10. The highest BCUT2D eigenvalue weighted by Crippen LogP contribution is 2.30. The second kappa shape index (κ2) is 44.0. The number of aromatic amines is 1. The molecule has 1 fully saturated rings. The van der Waals surface area contributed by atoms with E-state index in [1.54, 1.807) is 58.4 Å². The number of aryl methyl sites for hydroxylation is 9. The molecule has 5 heterocycles. The predicted octanol–water partition coefficient (Wildman–Crippen LogP) is 15.2. The minimum atomic E-state index is -0.584. The van der Waals surface area contributed by atoms with Crippen LogP contribution in [-0.4, -0.2) is 159 Å². The van der Waals surface area contributed by atoms with Crippen LogP contribution in [0.25, 0.3) is 68.4 Å². The Morgan fingerprint density at radius 1 is 0.412 bits per heavy atom. The number of halogens is 2. The first-order chi connectivity index (χ1) is 57.3. The van der Waals surface area contributed by atoms with Gasteiger partial charge in [-0.3, -0.25) is 40.0 Å². The van der Waals surface area contributed by atoms with Crippen LogP contribution in [0.1, 0.15) is 121 Å². The predicted molar refractivity (Wildman–Crippen MR) is 466 cm³/mol. The number of fused-ring (bicyclic) bond motifs is 4. The van der Waals surface area contributed by atoms with Gasteiger partial charge in [0.05, 0.1) is 44.1 Å². The molecule has 119 heavy (non-hydrogen) atoms. The molecular formula is C94H111F2N15O8. The molecule has 23 nitrogen and oxygen atoms in total. The Morgan fingerprint density at radius 3 is 1.20 bits per heavy atom. The summed E-state index contributed by atoms with van der Waals surface area (Å²) in [7, 11) is 8.36. The zero-order chi connectivity index (χ0) is 84.9. The molecule has 12 aromatic rings. The van der Waals surface area contributed by atoms with Crippen LogP contribution in [0.3, 0.4) is 0 Å². The second-order valence-electron chi connectivity index (χ2n) is 32.1. The first-order valence-corrected chi connectivity index (χ1v) is 40.3. The number of likely N-dealkylation sites (tertiary alicyclic amines) is 1. The molecule has 0 aliphatic carbocycles. The maximum Gasteiger partial charge on any atom is 0.267 e. The average Bonchev–Trinajstić information content (AvgIpc) is 1.64. The molecule has 1 saturated heterocycles. The third kappa shape index (κ3) is 28.1. The fraction of sp³-hybridized carbons (Fsp3) is 0.319. The number of rotatable bonds is 33. The van der Waals surface area contributed by atoms with E-state index in [2.05, 4.69) is 155 Å². The Labute approximate surface area is 694 Å². The second-order valence-corrected chi connectivity index (χ2v) is 32.1. The third-order valence-electron chi connectivity index (χ3n) is 20.3. The van der Waals surface area contributed by atoms with Crippen LogP contribution in [0.15, 0.2) is 206 Å². The smallest absolute Gasteiger partial charge is 0.267 e. The van der Waals surface area contributed by atoms with Crippen molar-refractivity contribution < 1.29 is 48.8 Å². The van der Waals surface area contributed by atoms with E-state index in [-0.39, 0.29) is 22.5 Å². The minimum Gasteiger partial charge on any atom is -0.342 e. The van der Waals surface area contributed by atoms with Gasteiger partial charge in [0, 0.05) is 82.7 Å². The molecule has 0 spiro atoms. The van der Waals surface area contributed by atoms with Gasteiger partial charge in [-0.1, -0.05) is 137 Å². The van der Waals surface area contributed by atoms with E-state index < -0.39 is 23.6 Å². The molecule has 1 aliphatic heterocycles.